The molecule has 2 aromatic heterocycles. The van der Waals surface area contributed by atoms with Gasteiger partial charge < -0.3 is 74.5 Å². The van der Waals surface area contributed by atoms with Crippen molar-refractivity contribution in [2.45, 2.75) is 33.9 Å². The maximum atomic E-state index is 13.4. The van der Waals surface area contributed by atoms with Crippen molar-refractivity contribution >= 4 is 23.6 Å². The van der Waals surface area contributed by atoms with Gasteiger partial charge in [-0.2, -0.15) is 0 Å². The predicted octanol–water partition coefficient (Wildman–Crippen LogP) is 2.25. The average Bonchev–Trinajstić information content (AvgIpc) is 3.39. The molecule has 5 rings (SSSR count). The largest absolute Gasteiger partial charge is 3.00 e. The zero-order chi connectivity index (χ0) is 53.7. The topological polar surface area (TPSA) is 291 Å². The average molecular weight is 1190 g/mol. The molecule has 5 aromatic rings. The number of aryl methyl sites for hydroxylation is 2. The second kappa shape index (κ2) is 30.7. The second-order valence-electron chi connectivity index (χ2n) is 16.7. The van der Waals surface area contributed by atoms with E-state index in [4.69, 9.17) is 23.7 Å². The SMILES string of the molecule is CCOCCOCCOCCNC(=O)c1ccc(C(=O)NCCN(CCNC(=O)c2cc(C)n(Cc3ccc(OC)cc3)c(=O)c2O)CCNC(=O)c2cc(C)n(Cc3ccc(OC)cc3)c(=O)c2O)c(O)c1O.[Gd+3]. The first-order valence-corrected chi connectivity index (χ1v) is 23.8. The standard InChI is InChI=1S/C52H65N7O15.Gd/c1-6-72-25-26-74-28-27-73-24-20-56-48(65)40-16-15-39(43(60)44(40)61)47(64)53-17-21-57(22-18-54-49(66)41-29-33(2)58(51(68)45(41)62)31-35-7-11-37(70-4)12-8-35)23-19-55-50(67)42-30-34(3)59(52(69)46(42)63)32-36-9-13-38(71-5)14-10-36;/h7-16,29-30,60-63H,6,17-28,31-32H2,1-5H3,(H,53,64)(H,54,66)(H,55,67)(H,56,65);/q;+3. The van der Waals surface area contributed by atoms with Crippen molar-refractivity contribution in [3.05, 3.63) is 138 Å². The minimum atomic E-state index is -0.823. The first-order chi connectivity index (χ1) is 35.6. The van der Waals surface area contributed by atoms with Gasteiger partial charge in [0.05, 0.1) is 82.6 Å². The van der Waals surface area contributed by atoms with E-state index in [0.29, 0.717) is 49.3 Å². The number of nitrogens with one attached hydrogen (secondary N) is 4. The molecule has 0 fully saturated rings. The van der Waals surface area contributed by atoms with Crippen molar-refractivity contribution in [3.8, 4) is 34.5 Å². The quantitative estimate of drug-likeness (QED) is 0.0252. The molecule has 0 aliphatic rings. The minimum Gasteiger partial charge on any atom is -0.504 e. The van der Waals surface area contributed by atoms with Crippen molar-refractivity contribution in [1.82, 2.24) is 35.3 Å². The molecule has 0 bridgehead atoms. The number of amides is 4. The Labute approximate surface area is 465 Å². The molecule has 2 heterocycles. The van der Waals surface area contributed by atoms with Crippen LogP contribution in [0.3, 0.4) is 0 Å². The van der Waals surface area contributed by atoms with Gasteiger partial charge in [0.1, 0.15) is 11.5 Å². The zero-order valence-corrected chi connectivity index (χ0v) is 44.8. The summed E-state index contributed by atoms with van der Waals surface area (Å²) in [5.74, 6) is -4.81. The number of ether oxygens (including phenoxy) is 5. The third kappa shape index (κ3) is 17.5. The van der Waals surface area contributed by atoms with E-state index in [0.717, 1.165) is 11.1 Å². The molecule has 0 atom stereocenters. The van der Waals surface area contributed by atoms with Gasteiger partial charge in [0, 0.05) is 63.8 Å². The van der Waals surface area contributed by atoms with E-state index in [9.17, 15) is 49.2 Å². The van der Waals surface area contributed by atoms with E-state index in [-0.39, 0.29) is 134 Å². The maximum absolute atomic E-state index is 13.4. The van der Waals surface area contributed by atoms with Gasteiger partial charge in [0.25, 0.3) is 34.7 Å². The van der Waals surface area contributed by atoms with Crippen LogP contribution in [0.4, 0.5) is 0 Å². The fraction of sp³-hybridized carbons (Fsp3) is 0.385. The van der Waals surface area contributed by atoms with E-state index in [2.05, 4.69) is 21.3 Å². The summed E-state index contributed by atoms with van der Waals surface area (Å²) in [5, 5.41) is 53.8. The Morgan fingerprint density at radius 1 is 0.493 bits per heavy atom. The van der Waals surface area contributed by atoms with Gasteiger partial charge in [0.15, 0.2) is 23.0 Å². The number of phenols is 2. The van der Waals surface area contributed by atoms with Crippen molar-refractivity contribution in [3.63, 3.8) is 0 Å². The second-order valence-corrected chi connectivity index (χ2v) is 16.7. The van der Waals surface area contributed by atoms with Gasteiger partial charge in [-0.3, -0.25) is 33.7 Å². The van der Waals surface area contributed by atoms with E-state index in [1.807, 2.05) is 6.92 Å². The van der Waals surface area contributed by atoms with Gasteiger partial charge in [-0.25, -0.2) is 0 Å². The predicted molar refractivity (Wildman–Crippen MR) is 272 cm³/mol. The van der Waals surface area contributed by atoms with Crippen LogP contribution >= 0.6 is 0 Å². The van der Waals surface area contributed by atoms with Crippen LogP contribution in [-0.2, 0) is 27.3 Å². The van der Waals surface area contributed by atoms with Crippen LogP contribution < -0.4 is 41.9 Å². The molecule has 0 aliphatic heterocycles. The summed E-state index contributed by atoms with van der Waals surface area (Å²) in [6.45, 7) is 7.99. The molecular formula is C52H65GdN7O15+3. The Hall–Kier alpha value is -6.60. The first-order valence-electron chi connectivity index (χ1n) is 23.8. The maximum Gasteiger partial charge on any atom is 3.00 e. The van der Waals surface area contributed by atoms with Crippen molar-refractivity contribution in [2.75, 3.05) is 99.7 Å². The Morgan fingerprint density at radius 2 is 0.840 bits per heavy atom. The van der Waals surface area contributed by atoms with Crippen LogP contribution in [0.5, 0.6) is 34.5 Å². The number of aromatic hydroxyl groups is 4. The van der Waals surface area contributed by atoms with Gasteiger partial charge in [-0.05, 0) is 80.4 Å². The molecule has 0 unspecified atom stereocenters. The molecule has 0 saturated carbocycles. The van der Waals surface area contributed by atoms with Crippen LogP contribution in [-0.4, -0.2) is 158 Å². The number of benzene rings is 3. The number of aromatic nitrogens is 2. The van der Waals surface area contributed by atoms with Crippen LogP contribution in [0.2, 0.25) is 0 Å². The smallest absolute Gasteiger partial charge is 0.504 e. The molecule has 0 saturated heterocycles. The molecule has 0 aliphatic carbocycles. The number of rotatable bonds is 29. The molecule has 22 nitrogen and oxygen atoms in total. The molecule has 75 heavy (non-hydrogen) atoms. The van der Waals surface area contributed by atoms with Crippen molar-refractivity contribution in [1.29, 1.82) is 0 Å². The van der Waals surface area contributed by atoms with Crippen LogP contribution in [0.15, 0.2) is 82.4 Å². The van der Waals surface area contributed by atoms with Crippen LogP contribution in [0.1, 0.15) is 70.9 Å². The Balaban J connectivity index is 0.0000122. The molecule has 1 radical (unpaired) electrons. The molecule has 0 spiro atoms. The number of hydrogen-bond acceptors (Lipinski definition) is 16. The molecule has 23 heteroatoms. The molecule has 8 N–H and O–H groups in total. The van der Waals surface area contributed by atoms with Crippen LogP contribution in [0, 0.1) is 53.8 Å². The molecule has 403 valence electrons. The Kier molecular flexibility index (Phi) is 24.9. The first kappa shape index (κ1) is 61.0. The van der Waals surface area contributed by atoms with Gasteiger partial charge >= 0.3 is 39.9 Å². The Bertz CT molecular complexity index is 2700. The Morgan fingerprint density at radius 3 is 1.21 bits per heavy atom. The van der Waals surface area contributed by atoms with E-state index >= 15 is 0 Å². The number of carbonyl (C=O) groups is 4. The van der Waals surface area contributed by atoms with E-state index in [1.165, 1.54) is 47.6 Å². The summed E-state index contributed by atoms with van der Waals surface area (Å²) in [6.07, 6.45) is 0. The molecule has 3 aromatic carbocycles. The fourth-order valence-electron chi connectivity index (χ4n) is 7.55. The number of pyridine rings is 2. The summed E-state index contributed by atoms with van der Waals surface area (Å²) in [5.41, 5.74) is -0.237. The molecule has 4 amide bonds. The monoisotopic (exact) mass is 1190 g/mol. The minimum absolute atomic E-state index is 0. The normalized spacial score (nSPS) is 10.9. The van der Waals surface area contributed by atoms with Gasteiger partial charge in [-0.15, -0.1) is 0 Å². The number of methoxy groups -OCH3 is 2. The summed E-state index contributed by atoms with van der Waals surface area (Å²) < 4.78 is 29.0. The fourth-order valence-corrected chi connectivity index (χ4v) is 7.55. The van der Waals surface area contributed by atoms with E-state index < -0.39 is 57.7 Å². The van der Waals surface area contributed by atoms with E-state index in [1.54, 1.807) is 67.3 Å². The summed E-state index contributed by atoms with van der Waals surface area (Å²) in [6, 6.07) is 19.2. The number of phenolic OH excluding ortho intramolecular Hbond substituents is 2. The third-order valence-corrected chi connectivity index (χ3v) is 11.7. The summed E-state index contributed by atoms with van der Waals surface area (Å²) in [4.78, 5) is 81.2. The zero-order valence-electron chi connectivity index (χ0n) is 42.5. The van der Waals surface area contributed by atoms with Gasteiger partial charge in [-0.1, -0.05) is 24.3 Å². The number of carbonyl (C=O) groups excluding carboxylic acids is 4. The van der Waals surface area contributed by atoms with Crippen LogP contribution in [0.25, 0.3) is 0 Å². The van der Waals surface area contributed by atoms with Crippen molar-refractivity contribution < 1.29 is 103 Å². The number of hydrogen-bond donors (Lipinski definition) is 8. The van der Waals surface area contributed by atoms with Crippen molar-refractivity contribution in [2.24, 2.45) is 0 Å². The third-order valence-electron chi connectivity index (χ3n) is 11.7. The number of nitrogens with zero attached hydrogens (tertiary/aromatic N) is 3. The van der Waals surface area contributed by atoms with Gasteiger partial charge in [0.2, 0.25) is 0 Å². The molecular weight excluding hydrogens is 1120 g/mol. The summed E-state index contributed by atoms with van der Waals surface area (Å²) >= 11 is 0. The summed E-state index contributed by atoms with van der Waals surface area (Å²) in [7, 11) is 3.07.